The number of aryl methyl sites for hydroxylation is 1. The number of benzene rings is 2. The molecule has 96 valence electrons. The molecule has 19 heavy (non-hydrogen) atoms. The van der Waals surface area contributed by atoms with Crippen LogP contribution in [-0.4, -0.2) is 10.7 Å². The van der Waals surface area contributed by atoms with Gasteiger partial charge in [-0.25, -0.2) is 0 Å². The van der Waals surface area contributed by atoms with Crippen LogP contribution in [0, 0.1) is 17.0 Å². The number of carbonyl (C=O) groups is 1. The first-order valence-corrected chi connectivity index (χ1v) is 5.93. The Kier molecular flexibility index (Phi) is 3.62. The molecule has 0 N–H and O–H groups in total. The van der Waals surface area contributed by atoms with E-state index in [2.05, 4.69) is 0 Å². The van der Waals surface area contributed by atoms with Crippen LogP contribution < -0.4 is 0 Å². The smallest absolute Gasteiger partial charge is 0.288 e. The molecule has 5 heteroatoms. The third kappa shape index (κ3) is 2.63. The molecule has 0 radical (unpaired) electrons. The fourth-order valence-corrected chi connectivity index (χ4v) is 2.07. The van der Waals surface area contributed by atoms with Gasteiger partial charge in [-0.15, -0.1) is 0 Å². The Balaban J connectivity index is 2.57. The highest BCUT2D eigenvalue weighted by Gasteiger charge is 2.24. The summed E-state index contributed by atoms with van der Waals surface area (Å²) < 4.78 is 0. The van der Waals surface area contributed by atoms with E-state index in [1.807, 2.05) is 13.0 Å². The van der Waals surface area contributed by atoms with Gasteiger partial charge in [-0.2, -0.15) is 0 Å². The number of hydrogen-bond acceptors (Lipinski definition) is 3. The fourth-order valence-electron chi connectivity index (χ4n) is 1.83. The highest BCUT2D eigenvalue weighted by atomic mass is 35.5. The molecule has 0 spiro atoms. The maximum absolute atomic E-state index is 12.3. The van der Waals surface area contributed by atoms with E-state index in [4.69, 9.17) is 11.6 Å². The average Bonchev–Trinajstić information content (AvgIpc) is 2.37. The molecule has 2 aromatic rings. The molecular weight excluding hydrogens is 266 g/mol. The van der Waals surface area contributed by atoms with Gasteiger partial charge in [-0.05, 0) is 25.1 Å². The van der Waals surface area contributed by atoms with Crippen LogP contribution in [0.15, 0.2) is 42.5 Å². The van der Waals surface area contributed by atoms with E-state index in [1.54, 1.807) is 18.2 Å². The van der Waals surface area contributed by atoms with E-state index in [1.165, 1.54) is 18.2 Å². The van der Waals surface area contributed by atoms with Crippen LogP contribution in [0.4, 0.5) is 5.69 Å². The van der Waals surface area contributed by atoms with Crippen LogP contribution in [0.5, 0.6) is 0 Å². The summed E-state index contributed by atoms with van der Waals surface area (Å²) in [5.41, 5.74) is 0.972. The van der Waals surface area contributed by atoms with Crippen molar-refractivity contribution in [3.8, 4) is 0 Å². The summed E-state index contributed by atoms with van der Waals surface area (Å²) in [4.78, 5) is 22.7. The summed E-state index contributed by atoms with van der Waals surface area (Å²) >= 11 is 5.79. The topological polar surface area (TPSA) is 60.2 Å². The normalized spacial score (nSPS) is 10.2. The van der Waals surface area contributed by atoms with Crippen LogP contribution in [0.25, 0.3) is 0 Å². The predicted octanol–water partition coefficient (Wildman–Crippen LogP) is 3.79. The van der Waals surface area contributed by atoms with Crippen LogP contribution in [0.1, 0.15) is 21.5 Å². The number of nitro benzene ring substituents is 1. The number of ketones is 1. The SMILES string of the molecule is Cc1cccc(C(=O)c2cccc(Cl)c2[N+](=O)[O-])c1. The van der Waals surface area contributed by atoms with Gasteiger partial charge in [-0.1, -0.05) is 41.4 Å². The fraction of sp³-hybridized carbons (Fsp3) is 0.0714. The van der Waals surface area contributed by atoms with Crippen LogP contribution in [0.3, 0.4) is 0 Å². The molecule has 0 aliphatic heterocycles. The van der Waals surface area contributed by atoms with Gasteiger partial charge in [0.15, 0.2) is 5.78 Å². The highest BCUT2D eigenvalue weighted by molar-refractivity contribution is 6.33. The quantitative estimate of drug-likeness (QED) is 0.486. The molecule has 0 fully saturated rings. The molecule has 2 rings (SSSR count). The molecule has 0 heterocycles. The Hall–Kier alpha value is -2.20. The number of nitro groups is 1. The van der Waals surface area contributed by atoms with Gasteiger partial charge in [0.05, 0.1) is 4.92 Å². The molecule has 0 atom stereocenters. The molecule has 0 aliphatic rings. The molecule has 0 aliphatic carbocycles. The lowest BCUT2D eigenvalue weighted by molar-refractivity contribution is -0.385. The third-order valence-corrected chi connectivity index (χ3v) is 3.00. The number of para-hydroxylation sites is 1. The first-order valence-electron chi connectivity index (χ1n) is 5.55. The van der Waals surface area contributed by atoms with Crippen molar-refractivity contribution in [3.05, 3.63) is 74.3 Å². The van der Waals surface area contributed by atoms with Gasteiger partial charge >= 0.3 is 0 Å². The number of hydrogen-bond donors (Lipinski definition) is 0. The summed E-state index contributed by atoms with van der Waals surface area (Å²) in [5, 5.41) is 11.0. The lowest BCUT2D eigenvalue weighted by Gasteiger charge is -2.04. The average molecular weight is 276 g/mol. The lowest BCUT2D eigenvalue weighted by atomic mass is 10.0. The summed E-state index contributed by atoms with van der Waals surface area (Å²) in [7, 11) is 0. The second-order valence-corrected chi connectivity index (χ2v) is 4.50. The summed E-state index contributed by atoms with van der Waals surface area (Å²) in [6, 6.07) is 11.2. The Morgan fingerprint density at radius 3 is 2.53 bits per heavy atom. The van der Waals surface area contributed by atoms with Gasteiger partial charge in [0.2, 0.25) is 0 Å². The first-order chi connectivity index (χ1) is 9.00. The Labute approximate surface area is 114 Å². The zero-order chi connectivity index (χ0) is 14.0. The van der Waals surface area contributed by atoms with E-state index in [-0.39, 0.29) is 16.3 Å². The van der Waals surface area contributed by atoms with Crippen molar-refractivity contribution in [2.75, 3.05) is 0 Å². The van der Waals surface area contributed by atoms with Gasteiger partial charge < -0.3 is 0 Å². The van der Waals surface area contributed by atoms with E-state index in [0.29, 0.717) is 5.56 Å². The largest absolute Gasteiger partial charge is 0.298 e. The molecule has 2 aromatic carbocycles. The molecule has 0 saturated heterocycles. The van der Waals surface area contributed by atoms with Crippen molar-refractivity contribution < 1.29 is 9.72 Å². The molecule has 0 saturated carbocycles. The summed E-state index contributed by atoms with van der Waals surface area (Å²) in [5.74, 6) is -0.405. The Morgan fingerprint density at radius 1 is 1.21 bits per heavy atom. The van der Waals surface area contributed by atoms with Crippen molar-refractivity contribution in [1.29, 1.82) is 0 Å². The minimum atomic E-state index is -0.634. The highest BCUT2D eigenvalue weighted by Crippen LogP contribution is 2.29. The van der Waals surface area contributed by atoms with Crippen molar-refractivity contribution >= 4 is 23.1 Å². The molecular formula is C14H10ClNO3. The summed E-state index contributed by atoms with van der Waals surface area (Å²) in [6.07, 6.45) is 0. The van der Waals surface area contributed by atoms with E-state index >= 15 is 0 Å². The van der Waals surface area contributed by atoms with Gasteiger partial charge in [0, 0.05) is 5.56 Å². The van der Waals surface area contributed by atoms with Crippen molar-refractivity contribution in [1.82, 2.24) is 0 Å². The van der Waals surface area contributed by atoms with E-state index < -0.39 is 10.7 Å². The minimum Gasteiger partial charge on any atom is -0.288 e. The zero-order valence-corrected chi connectivity index (χ0v) is 10.8. The van der Waals surface area contributed by atoms with Crippen molar-refractivity contribution in [2.24, 2.45) is 0 Å². The van der Waals surface area contributed by atoms with Crippen LogP contribution >= 0.6 is 11.6 Å². The maximum Gasteiger partial charge on any atom is 0.298 e. The van der Waals surface area contributed by atoms with Crippen molar-refractivity contribution in [2.45, 2.75) is 6.92 Å². The van der Waals surface area contributed by atoms with Gasteiger partial charge in [-0.3, -0.25) is 14.9 Å². The van der Waals surface area contributed by atoms with Crippen molar-refractivity contribution in [3.63, 3.8) is 0 Å². The number of rotatable bonds is 3. The number of halogens is 1. The zero-order valence-electron chi connectivity index (χ0n) is 10.1. The second-order valence-electron chi connectivity index (χ2n) is 4.09. The van der Waals surface area contributed by atoms with E-state index in [0.717, 1.165) is 5.56 Å². The lowest BCUT2D eigenvalue weighted by Crippen LogP contribution is -2.06. The Bertz CT molecular complexity index is 667. The number of nitrogens with zero attached hydrogens (tertiary/aromatic N) is 1. The third-order valence-electron chi connectivity index (χ3n) is 2.69. The molecule has 0 bridgehead atoms. The second kappa shape index (κ2) is 5.20. The monoisotopic (exact) mass is 275 g/mol. The standard InChI is InChI=1S/C14H10ClNO3/c1-9-4-2-5-10(8-9)14(17)11-6-3-7-12(15)13(11)16(18)19/h2-8H,1H3. The van der Waals surface area contributed by atoms with Gasteiger partial charge in [0.1, 0.15) is 10.6 Å². The summed E-state index contributed by atoms with van der Waals surface area (Å²) in [6.45, 7) is 1.85. The molecule has 4 nitrogen and oxygen atoms in total. The first kappa shape index (κ1) is 13.2. The molecule has 0 aromatic heterocycles. The molecule has 0 unspecified atom stereocenters. The van der Waals surface area contributed by atoms with Gasteiger partial charge in [0.25, 0.3) is 5.69 Å². The minimum absolute atomic E-state index is 0.00287. The van der Waals surface area contributed by atoms with E-state index in [9.17, 15) is 14.9 Å². The predicted molar refractivity (Wildman–Crippen MR) is 72.7 cm³/mol. The van der Waals surface area contributed by atoms with Crippen LogP contribution in [-0.2, 0) is 0 Å². The Morgan fingerprint density at radius 2 is 1.89 bits per heavy atom. The number of carbonyl (C=O) groups excluding carboxylic acids is 1. The van der Waals surface area contributed by atoms with Crippen LogP contribution in [0.2, 0.25) is 5.02 Å². The molecule has 0 amide bonds. The maximum atomic E-state index is 12.3.